The monoisotopic (exact) mass is 440 g/mol. The average molecular weight is 441 g/mol. The summed E-state index contributed by atoms with van der Waals surface area (Å²) < 4.78 is 11.0. The van der Waals surface area contributed by atoms with Crippen LogP contribution in [0.4, 0.5) is 5.69 Å². The number of piperazine rings is 1. The molecule has 31 heavy (non-hydrogen) atoms. The first-order valence-electron chi connectivity index (χ1n) is 10.5. The zero-order valence-corrected chi connectivity index (χ0v) is 18.2. The molecule has 3 aromatic rings. The number of carbonyl (C=O) groups excluding carboxylic acids is 1. The molecule has 0 N–H and O–H groups in total. The van der Waals surface area contributed by atoms with Crippen molar-refractivity contribution in [3.63, 3.8) is 0 Å². The van der Waals surface area contributed by atoms with Gasteiger partial charge >= 0.3 is 5.63 Å². The van der Waals surface area contributed by atoms with Gasteiger partial charge in [-0.05, 0) is 42.3 Å². The minimum atomic E-state index is -0.373. The summed E-state index contributed by atoms with van der Waals surface area (Å²) in [7, 11) is 0. The molecule has 2 heterocycles. The maximum atomic E-state index is 12.6. The van der Waals surface area contributed by atoms with Crippen LogP contribution >= 0.6 is 11.6 Å². The molecule has 1 aromatic heterocycles. The number of hydrogen-bond acceptors (Lipinski definition) is 5. The normalized spacial score (nSPS) is 14.1. The van der Waals surface area contributed by atoms with Gasteiger partial charge in [0.05, 0.1) is 0 Å². The topological polar surface area (TPSA) is 63.0 Å². The maximum Gasteiger partial charge on any atom is 0.336 e. The molecule has 0 atom stereocenters. The first-order chi connectivity index (χ1) is 15.0. The Balaban J connectivity index is 1.36. The molecule has 0 saturated carbocycles. The minimum Gasteiger partial charge on any atom is -0.484 e. The third-order valence-electron chi connectivity index (χ3n) is 5.49. The third-order valence-corrected chi connectivity index (χ3v) is 5.72. The minimum absolute atomic E-state index is 0.0540. The van der Waals surface area contributed by atoms with Crippen molar-refractivity contribution in [3.05, 3.63) is 69.5 Å². The van der Waals surface area contributed by atoms with Crippen LogP contribution in [0, 0.1) is 0 Å². The van der Waals surface area contributed by atoms with Crippen LogP contribution in [0.1, 0.15) is 18.9 Å². The predicted octanol–water partition coefficient (Wildman–Crippen LogP) is 4.13. The molecule has 4 rings (SSSR count). The number of rotatable bonds is 6. The lowest BCUT2D eigenvalue weighted by Gasteiger charge is -2.36. The van der Waals surface area contributed by atoms with E-state index in [4.69, 9.17) is 20.8 Å². The predicted molar refractivity (Wildman–Crippen MR) is 122 cm³/mol. The number of amides is 1. The number of benzene rings is 2. The van der Waals surface area contributed by atoms with E-state index < -0.39 is 0 Å². The van der Waals surface area contributed by atoms with Gasteiger partial charge in [0.25, 0.3) is 5.91 Å². The van der Waals surface area contributed by atoms with Crippen molar-refractivity contribution < 1.29 is 13.9 Å². The highest BCUT2D eigenvalue weighted by atomic mass is 35.5. The first-order valence-corrected chi connectivity index (χ1v) is 10.9. The summed E-state index contributed by atoms with van der Waals surface area (Å²) in [6.45, 7) is 4.75. The molecule has 6 nitrogen and oxygen atoms in total. The molecular weight excluding hydrogens is 416 g/mol. The SMILES string of the molecule is CCCc1cc(=O)oc2cc(OCC(=O)N3CCN(c4cccc(Cl)c4)CC3)ccc12. The molecule has 0 radical (unpaired) electrons. The fourth-order valence-corrected chi connectivity index (χ4v) is 4.08. The number of fused-ring (bicyclic) bond motifs is 1. The van der Waals surface area contributed by atoms with E-state index in [1.807, 2.05) is 41.3 Å². The molecule has 162 valence electrons. The van der Waals surface area contributed by atoms with Gasteiger partial charge in [-0.25, -0.2) is 4.79 Å². The molecule has 1 aliphatic rings. The fourth-order valence-electron chi connectivity index (χ4n) is 3.90. The summed E-state index contributed by atoms with van der Waals surface area (Å²) in [5.41, 5.74) is 2.14. The van der Waals surface area contributed by atoms with Crippen molar-refractivity contribution in [3.8, 4) is 5.75 Å². The lowest BCUT2D eigenvalue weighted by molar-refractivity contribution is -0.133. The van der Waals surface area contributed by atoms with E-state index in [-0.39, 0.29) is 18.1 Å². The number of nitrogens with zero attached hydrogens (tertiary/aromatic N) is 2. The second-order valence-electron chi connectivity index (χ2n) is 7.64. The molecule has 2 aromatic carbocycles. The van der Waals surface area contributed by atoms with Gasteiger partial charge in [-0.2, -0.15) is 0 Å². The Morgan fingerprint density at radius 2 is 1.90 bits per heavy atom. The summed E-state index contributed by atoms with van der Waals surface area (Å²) in [5.74, 6) is 0.447. The summed E-state index contributed by atoms with van der Waals surface area (Å²) in [6, 6.07) is 14.7. The largest absolute Gasteiger partial charge is 0.484 e. The highest BCUT2D eigenvalue weighted by Gasteiger charge is 2.22. The van der Waals surface area contributed by atoms with E-state index >= 15 is 0 Å². The van der Waals surface area contributed by atoms with Gasteiger partial charge in [-0.3, -0.25) is 4.79 Å². The van der Waals surface area contributed by atoms with Crippen LogP contribution in [0.2, 0.25) is 5.02 Å². The Morgan fingerprint density at radius 1 is 1.10 bits per heavy atom. The van der Waals surface area contributed by atoms with E-state index in [0.29, 0.717) is 29.4 Å². The smallest absolute Gasteiger partial charge is 0.336 e. The Morgan fingerprint density at radius 3 is 2.65 bits per heavy atom. The number of ether oxygens (including phenoxy) is 1. The van der Waals surface area contributed by atoms with Gasteiger partial charge in [0.2, 0.25) is 0 Å². The molecule has 0 aliphatic carbocycles. The lowest BCUT2D eigenvalue weighted by atomic mass is 10.1. The van der Waals surface area contributed by atoms with Gasteiger partial charge in [-0.1, -0.05) is 31.0 Å². The molecule has 1 saturated heterocycles. The van der Waals surface area contributed by atoms with Crippen LogP contribution in [0.25, 0.3) is 11.0 Å². The van der Waals surface area contributed by atoms with Crippen LogP contribution in [0.15, 0.2) is 57.7 Å². The Kier molecular flexibility index (Phi) is 6.47. The van der Waals surface area contributed by atoms with Gasteiger partial charge in [0.1, 0.15) is 11.3 Å². The van der Waals surface area contributed by atoms with Crippen LogP contribution in [-0.4, -0.2) is 43.6 Å². The quantitative estimate of drug-likeness (QED) is 0.539. The zero-order chi connectivity index (χ0) is 21.8. The van der Waals surface area contributed by atoms with E-state index in [9.17, 15) is 9.59 Å². The molecule has 1 fully saturated rings. The standard InChI is InChI=1S/C24H25ClN2O4/c1-2-4-17-13-24(29)31-22-15-20(7-8-21(17)22)30-16-23(28)27-11-9-26(10-12-27)19-6-3-5-18(25)14-19/h3,5-8,13-15H,2,4,9-12,16H2,1H3. The van der Waals surface area contributed by atoms with Gasteiger partial charge < -0.3 is 19.0 Å². The summed E-state index contributed by atoms with van der Waals surface area (Å²) >= 11 is 6.08. The maximum absolute atomic E-state index is 12.6. The van der Waals surface area contributed by atoms with Crippen molar-refractivity contribution >= 4 is 34.2 Å². The fraction of sp³-hybridized carbons (Fsp3) is 0.333. The Hall–Kier alpha value is -2.99. The van der Waals surface area contributed by atoms with Crippen LogP contribution in [0.3, 0.4) is 0 Å². The second kappa shape index (κ2) is 9.43. The zero-order valence-electron chi connectivity index (χ0n) is 17.5. The molecule has 0 bridgehead atoms. The van der Waals surface area contributed by atoms with E-state index in [1.54, 1.807) is 12.1 Å². The second-order valence-corrected chi connectivity index (χ2v) is 8.07. The number of aryl methyl sites for hydroxylation is 1. The molecule has 1 amide bonds. The van der Waals surface area contributed by atoms with Crippen LogP contribution < -0.4 is 15.3 Å². The molecule has 0 spiro atoms. The van der Waals surface area contributed by atoms with Gasteiger partial charge in [-0.15, -0.1) is 0 Å². The van der Waals surface area contributed by atoms with E-state index in [0.717, 1.165) is 42.6 Å². The average Bonchev–Trinajstić information content (AvgIpc) is 2.77. The number of anilines is 1. The van der Waals surface area contributed by atoms with Crippen LogP contribution in [0.5, 0.6) is 5.75 Å². The number of hydrogen-bond donors (Lipinski definition) is 0. The molecule has 1 aliphatic heterocycles. The highest BCUT2D eigenvalue weighted by molar-refractivity contribution is 6.30. The van der Waals surface area contributed by atoms with Crippen molar-refractivity contribution in [2.24, 2.45) is 0 Å². The van der Waals surface area contributed by atoms with E-state index in [1.165, 1.54) is 0 Å². The summed E-state index contributed by atoms with van der Waals surface area (Å²) in [5, 5.41) is 1.61. The van der Waals surface area contributed by atoms with Crippen molar-refractivity contribution in [2.45, 2.75) is 19.8 Å². The highest BCUT2D eigenvalue weighted by Crippen LogP contribution is 2.24. The Labute approximate surface area is 186 Å². The van der Waals surface area contributed by atoms with Crippen molar-refractivity contribution in [1.82, 2.24) is 4.90 Å². The van der Waals surface area contributed by atoms with Gasteiger partial charge in [0.15, 0.2) is 6.61 Å². The summed E-state index contributed by atoms with van der Waals surface area (Å²) in [4.78, 5) is 28.5. The third kappa shape index (κ3) is 5.02. The summed E-state index contributed by atoms with van der Waals surface area (Å²) in [6.07, 6.45) is 1.75. The van der Waals surface area contributed by atoms with Gasteiger partial charge in [0, 0.05) is 54.4 Å². The first kappa shape index (κ1) is 21.2. The van der Waals surface area contributed by atoms with E-state index in [2.05, 4.69) is 11.8 Å². The molecule has 0 unspecified atom stereocenters. The van der Waals surface area contributed by atoms with Crippen molar-refractivity contribution in [1.29, 1.82) is 0 Å². The van der Waals surface area contributed by atoms with Crippen molar-refractivity contribution in [2.75, 3.05) is 37.7 Å². The van der Waals surface area contributed by atoms with Crippen LogP contribution in [-0.2, 0) is 11.2 Å². The number of halogens is 1. The molecule has 7 heteroatoms. The number of carbonyl (C=O) groups is 1. The lowest BCUT2D eigenvalue weighted by Crippen LogP contribution is -2.50. The Bertz CT molecular complexity index is 1140. The molecular formula is C24H25ClN2O4.